The van der Waals surface area contributed by atoms with Gasteiger partial charge in [-0.05, 0) is 35.4 Å². The minimum atomic E-state index is -3.82. The zero-order chi connectivity index (χ0) is 16.4. The van der Waals surface area contributed by atoms with Crippen molar-refractivity contribution in [3.8, 4) is 16.9 Å². The van der Waals surface area contributed by atoms with Crippen molar-refractivity contribution in [2.45, 2.75) is 11.5 Å². The van der Waals surface area contributed by atoms with Gasteiger partial charge in [-0.25, -0.2) is 13.6 Å². The SMILES string of the molecule is NS(=O)(=O)c1ccccc1-n1cccc1-c1ccc(CO)cc1. The number of aliphatic hydroxyl groups is 1. The molecule has 2 aromatic carbocycles. The van der Waals surface area contributed by atoms with Gasteiger partial charge in [-0.3, -0.25) is 0 Å². The normalized spacial score (nSPS) is 11.6. The van der Waals surface area contributed by atoms with E-state index >= 15 is 0 Å². The average molecular weight is 328 g/mol. The molecular formula is C17H16N2O3S. The van der Waals surface area contributed by atoms with Crippen LogP contribution in [0.3, 0.4) is 0 Å². The predicted molar refractivity (Wildman–Crippen MR) is 88.5 cm³/mol. The van der Waals surface area contributed by atoms with Crippen molar-refractivity contribution in [2.24, 2.45) is 5.14 Å². The Bertz CT molecular complexity index is 928. The third-order valence-electron chi connectivity index (χ3n) is 3.61. The second kappa shape index (κ2) is 6.00. The van der Waals surface area contributed by atoms with E-state index in [1.54, 1.807) is 29.0 Å². The summed E-state index contributed by atoms with van der Waals surface area (Å²) in [6.07, 6.45) is 1.79. The maximum absolute atomic E-state index is 11.8. The van der Waals surface area contributed by atoms with E-state index in [0.717, 1.165) is 16.8 Å². The zero-order valence-electron chi connectivity index (χ0n) is 12.3. The minimum Gasteiger partial charge on any atom is -0.392 e. The van der Waals surface area contributed by atoms with Gasteiger partial charge in [-0.15, -0.1) is 0 Å². The Hall–Kier alpha value is -2.41. The zero-order valence-corrected chi connectivity index (χ0v) is 13.1. The van der Waals surface area contributed by atoms with Crippen molar-refractivity contribution < 1.29 is 13.5 Å². The van der Waals surface area contributed by atoms with Gasteiger partial charge in [-0.1, -0.05) is 36.4 Å². The molecule has 5 nitrogen and oxygen atoms in total. The maximum atomic E-state index is 11.8. The van der Waals surface area contributed by atoms with Gasteiger partial charge in [0.2, 0.25) is 10.0 Å². The standard InChI is InChI=1S/C17H16N2O3S/c18-23(21,22)17-6-2-1-4-16(17)19-11-3-5-15(19)14-9-7-13(12-20)8-10-14/h1-11,20H,12H2,(H2,18,21,22). The molecule has 0 saturated carbocycles. The predicted octanol–water partition coefficient (Wildman–Crippen LogP) is 2.28. The van der Waals surface area contributed by atoms with Crippen LogP contribution in [0.5, 0.6) is 0 Å². The average Bonchev–Trinajstić information content (AvgIpc) is 3.03. The van der Waals surface area contributed by atoms with Gasteiger partial charge >= 0.3 is 0 Å². The number of sulfonamides is 1. The molecule has 0 aliphatic rings. The topological polar surface area (TPSA) is 85.3 Å². The first kappa shape index (κ1) is 15.5. The Morgan fingerprint density at radius 3 is 2.30 bits per heavy atom. The van der Waals surface area contributed by atoms with E-state index in [1.807, 2.05) is 36.4 Å². The first-order valence-electron chi connectivity index (χ1n) is 7.00. The highest BCUT2D eigenvalue weighted by Gasteiger charge is 2.16. The molecule has 1 aromatic heterocycles. The van der Waals surface area contributed by atoms with Crippen LogP contribution in [-0.2, 0) is 16.6 Å². The summed E-state index contributed by atoms with van der Waals surface area (Å²) in [6.45, 7) is -0.0183. The fourth-order valence-electron chi connectivity index (χ4n) is 2.50. The lowest BCUT2D eigenvalue weighted by molar-refractivity contribution is 0.282. The highest BCUT2D eigenvalue weighted by Crippen LogP contribution is 2.27. The van der Waals surface area contributed by atoms with Gasteiger partial charge in [0.05, 0.1) is 18.0 Å². The number of hydrogen-bond donors (Lipinski definition) is 2. The Morgan fingerprint density at radius 2 is 1.65 bits per heavy atom. The summed E-state index contributed by atoms with van der Waals surface area (Å²) in [4.78, 5) is 0.0735. The molecule has 0 saturated heterocycles. The minimum absolute atomic E-state index is 0.0183. The van der Waals surface area contributed by atoms with Gasteiger partial charge in [-0.2, -0.15) is 0 Å². The molecule has 6 heteroatoms. The van der Waals surface area contributed by atoms with E-state index in [2.05, 4.69) is 0 Å². The second-order valence-corrected chi connectivity index (χ2v) is 6.66. The number of benzene rings is 2. The molecular weight excluding hydrogens is 312 g/mol. The molecule has 0 fully saturated rings. The van der Waals surface area contributed by atoms with Crippen molar-refractivity contribution in [2.75, 3.05) is 0 Å². The summed E-state index contributed by atoms with van der Waals surface area (Å²) in [5, 5.41) is 14.5. The van der Waals surface area contributed by atoms with Gasteiger partial charge in [0.1, 0.15) is 4.90 Å². The van der Waals surface area contributed by atoms with Crippen molar-refractivity contribution in [3.05, 3.63) is 72.4 Å². The fourth-order valence-corrected chi connectivity index (χ4v) is 3.23. The third-order valence-corrected chi connectivity index (χ3v) is 4.57. The molecule has 0 aliphatic carbocycles. The highest BCUT2D eigenvalue weighted by molar-refractivity contribution is 7.89. The largest absolute Gasteiger partial charge is 0.392 e. The molecule has 0 amide bonds. The lowest BCUT2D eigenvalue weighted by atomic mass is 10.1. The summed E-state index contributed by atoms with van der Waals surface area (Å²) in [5.41, 5.74) is 3.07. The number of nitrogens with two attached hydrogens (primary N) is 1. The van der Waals surface area contributed by atoms with Gasteiger partial charge < -0.3 is 9.67 Å². The van der Waals surface area contributed by atoms with Gasteiger partial charge in [0.25, 0.3) is 0 Å². The van der Waals surface area contributed by atoms with Crippen LogP contribution in [0.25, 0.3) is 16.9 Å². The summed E-state index contributed by atoms with van der Waals surface area (Å²) in [5.74, 6) is 0. The molecule has 0 radical (unpaired) electrons. The summed E-state index contributed by atoms with van der Waals surface area (Å²) in [6, 6.07) is 17.8. The Morgan fingerprint density at radius 1 is 0.957 bits per heavy atom. The molecule has 3 aromatic rings. The van der Waals surface area contributed by atoms with E-state index in [9.17, 15) is 8.42 Å². The van der Waals surface area contributed by atoms with Crippen LogP contribution in [0, 0.1) is 0 Å². The number of para-hydroxylation sites is 1. The van der Waals surface area contributed by atoms with Crippen LogP contribution in [-0.4, -0.2) is 18.1 Å². The maximum Gasteiger partial charge on any atom is 0.240 e. The number of aromatic nitrogens is 1. The van der Waals surface area contributed by atoms with Crippen LogP contribution in [0.4, 0.5) is 0 Å². The van der Waals surface area contributed by atoms with Crippen LogP contribution < -0.4 is 5.14 Å². The quantitative estimate of drug-likeness (QED) is 0.770. The summed E-state index contributed by atoms with van der Waals surface area (Å²) < 4.78 is 25.4. The molecule has 3 rings (SSSR count). The van der Waals surface area contributed by atoms with Crippen LogP contribution in [0.15, 0.2) is 71.8 Å². The Balaban J connectivity index is 2.15. The first-order chi connectivity index (χ1) is 11.0. The van der Waals surface area contributed by atoms with Crippen LogP contribution in [0.1, 0.15) is 5.56 Å². The first-order valence-corrected chi connectivity index (χ1v) is 8.55. The molecule has 23 heavy (non-hydrogen) atoms. The molecule has 0 bridgehead atoms. The van der Waals surface area contributed by atoms with E-state index in [0.29, 0.717) is 5.69 Å². The van der Waals surface area contributed by atoms with Crippen molar-refractivity contribution in [3.63, 3.8) is 0 Å². The fraction of sp³-hybridized carbons (Fsp3) is 0.0588. The monoisotopic (exact) mass is 328 g/mol. The van der Waals surface area contributed by atoms with Crippen molar-refractivity contribution >= 4 is 10.0 Å². The second-order valence-electron chi connectivity index (χ2n) is 5.13. The summed E-state index contributed by atoms with van der Waals surface area (Å²) in [7, 11) is -3.82. The smallest absolute Gasteiger partial charge is 0.240 e. The number of rotatable bonds is 4. The Kier molecular flexibility index (Phi) is 4.04. The molecule has 0 atom stereocenters. The van der Waals surface area contributed by atoms with E-state index in [-0.39, 0.29) is 11.5 Å². The number of hydrogen-bond acceptors (Lipinski definition) is 3. The van der Waals surface area contributed by atoms with E-state index in [1.165, 1.54) is 6.07 Å². The van der Waals surface area contributed by atoms with Gasteiger partial charge in [0, 0.05) is 6.20 Å². The van der Waals surface area contributed by atoms with Gasteiger partial charge in [0.15, 0.2) is 0 Å². The molecule has 118 valence electrons. The number of aliphatic hydroxyl groups excluding tert-OH is 1. The van der Waals surface area contributed by atoms with Crippen molar-refractivity contribution in [1.29, 1.82) is 0 Å². The molecule has 0 spiro atoms. The number of primary sulfonamides is 1. The molecule has 3 N–H and O–H groups in total. The van der Waals surface area contributed by atoms with E-state index < -0.39 is 10.0 Å². The molecule has 1 heterocycles. The van der Waals surface area contributed by atoms with Crippen LogP contribution in [0.2, 0.25) is 0 Å². The van der Waals surface area contributed by atoms with Crippen LogP contribution >= 0.6 is 0 Å². The lowest BCUT2D eigenvalue weighted by Crippen LogP contribution is -2.15. The Labute approximate surface area is 134 Å². The van der Waals surface area contributed by atoms with Crippen molar-refractivity contribution in [1.82, 2.24) is 4.57 Å². The molecule has 0 unspecified atom stereocenters. The number of nitrogens with zero attached hydrogens (tertiary/aromatic N) is 1. The third kappa shape index (κ3) is 3.05. The molecule has 0 aliphatic heterocycles. The van der Waals surface area contributed by atoms with E-state index in [4.69, 9.17) is 10.2 Å². The lowest BCUT2D eigenvalue weighted by Gasteiger charge is -2.13. The highest BCUT2D eigenvalue weighted by atomic mass is 32.2. The summed E-state index contributed by atoms with van der Waals surface area (Å²) >= 11 is 0.